The van der Waals surface area contributed by atoms with E-state index >= 15 is 0 Å². The van der Waals surface area contributed by atoms with Gasteiger partial charge in [0.2, 0.25) is 0 Å². The molecule has 0 bridgehead atoms. The lowest BCUT2D eigenvalue weighted by molar-refractivity contribution is 0.286. The van der Waals surface area contributed by atoms with Crippen LogP contribution >= 0.6 is 11.3 Å². The molecular formula is C8H14N2OS. The van der Waals surface area contributed by atoms with E-state index in [4.69, 9.17) is 5.11 Å². The fraction of sp³-hybridized carbons (Fsp3) is 0.625. The Bertz CT molecular complexity index is 225. The van der Waals surface area contributed by atoms with Crippen molar-refractivity contribution in [3.05, 3.63) is 16.1 Å². The Kier molecular flexibility index (Phi) is 4.21. The van der Waals surface area contributed by atoms with E-state index in [-0.39, 0.29) is 6.61 Å². The summed E-state index contributed by atoms with van der Waals surface area (Å²) in [7, 11) is 0. The minimum atomic E-state index is 0.254. The van der Waals surface area contributed by atoms with Crippen LogP contribution in [-0.2, 0) is 6.54 Å². The van der Waals surface area contributed by atoms with Gasteiger partial charge in [-0.2, -0.15) is 0 Å². The number of aliphatic hydroxyl groups is 1. The molecule has 68 valence electrons. The molecular weight excluding hydrogens is 172 g/mol. The number of rotatable bonds is 5. The number of nitrogens with zero attached hydrogens (tertiary/aromatic N) is 1. The van der Waals surface area contributed by atoms with Crippen molar-refractivity contribution in [1.29, 1.82) is 0 Å². The molecule has 2 N–H and O–H groups in total. The summed E-state index contributed by atoms with van der Waals surface area (Å²) in [5.41, 5.74) is 0. The van der Waals surface area contributed by atoms with Crippen molar-refractivity contribution in [1.82, 2.24) is 10.3 Å². The molecule has 0 aromatic carbocycles. The van der Waals surface area contributed by atoms with E-state index < -0.39 is 0 Å². The molecule has 3 nitrogen and oxygen atoms in total. The van der Waals surface area contributed by atoms with Crippen molar-refractivity contribution >= 4 is 11.3 Å². The van der Waals surface area contributed by atoms with Crippen molar-refractivity contribution in [2.45, 2.75) is 19.9 Å². The number of aryl methyl sites for hydroxylation is 1. The Morgan fingerprint density at radius 2 is 2.50 bits per heavy atom. The summed E-state index contributed by atoms with van der Waals surface area (Å²) < 4.78 is 0. The molecule has 0 aliphatic heterocycles. The Hall–Kier alpha value is -0.450. The van der Waals surface area contributed by atoms with E-state index in [0.717, 1.165) is 24.5 Å². The van der Waals surface area contributed by atoms with Crippen molar-refractivity contribution < 1.29 is 5.11 Å². The van der Waals surface area contributed by atoms with Crippen LogP contribution in [0.25, 0.3) is 0 Å². The van der Waals surface area contributed by atoms with E-state index in [1.807, 2.05) is 6.20 Å². The van der Waals surface area contributed by atoms with Gasteiger partial charge in [0.15, 0.2) is 0 Å². The fourth-order valence-corrected chi connectivity index (χ4v) is 1.64. The van der Waals surface area contributed by atoms with Crippen LogP contribution < -0.4 is 5.32 Å². The molecule has 0 spiro atoms. The lowest BCUT2D eigenvalue weighted by Gasteiger charge is -1.98. The highest BCUT2D eigenvalue weighted by atomic mass is 32.1. The van der Waals surface area contributed by atoms with Crippen LogP contribution in [0.5, 0.6) is 0 Å². The SMILES string of the molecule is Cc1cnc(CNCCCO)s1. The second-order valence-corrected chi connectivity index (χ2v) is 3.94. The van der Waals surface area contributed by atoms with Crippen LogP contribution in [0.1, 0.15) is 16.3 Å². The number of hydrogen-bond acceptors (Lipinski definition) is 4. The summed E-state index contributed by atoms with van der Waals surface area (Å²) in [6.45, 7) is 3.98. The lowest BCUT2D eigenvalue weighted by atomic mass is 10.4. The molecule has 4 heteroatoms. The summed E-state index contributed by atoms with van der Waals surface area (Å²) in [5, 5.41) is 12.8. The highest BCUT2D eigenvalue weighted by molar-refractivity contribution is 7.11. The molecule has 1 rings (SSSR count). The predicted molar refractivity (Wildman–Crippen MR) is 50.3 cm³/mol. The standard InChI is InChI=1S/C8H14N2OS/c1-7-5-10-8(12-7)6-9-3-2-4-11/h5,9,11H,2-4,6H2,1H3. The molecule has 0 amide bonds. The summed E-state index contributed by atoms with van der Waals surface area (Å²) >= 11 is 1.71. The average molecular weight is 186 g/mol. The summed E-state index contributed by atoms with van der Waals surface area (Å²) in [6.07, 6.45) is 2.69. The van der Waals surface area contributed by atoms with Crippen molar-refractivity contribution in [3.8, 4) is 0 Å². The Morgan fingerprint density at radius 1 is 1.67 bits per heavy atom. The number of aliphatic hydroxyl groups excluding tert-OH is 1. The number of hydrogen-bond donors (Lipinski definition) is 2. The summed E-state index contributed by atoms with van der Waals surface area (Å²) in [4.78, 5) is 5.45. The third-order valence-corrected chi connectivity index (χ3v) is 2.37. The van der Waals surface area contributed by atoms with Gasteiger partial charge in [-0.3, -0.25) is 0 Å². The maximum absolute atomic E-state index is 8.51. The van der Waals surface area contributed by atoms with Gasteiger partial charge >= 0.3 is 0 Å². The van der Waals surface area contributed by atoms with E-state index in [9.17, 15) is 0 Å². The maximum atomic E-state index is 8.51. The van der Waals surface area contributed by atoms with Crippen LogP contribution in [0.15, 0.2) is 6.20 Å². The normalized spacial score (nSPS) is 10.5. The molecule has 0 atom stereocenters. The van der Waals surface area contributed by atoms with Gasteiger partial charge < -0.3 is 10.4 Å². The minimum absolute atomic E-state index is 0.254. The predicted octanol–water partition coefficient (Wildman–Crippen LogP) is 0.924. The Morgan fingerprint density at radius 3 is 3.08 bits per heavy atom. The quantitative estimate of drug-likeness (QED) is 0.672. The first kappa shape index (κ1) is 9.64. The van der Waals surface area contributed by atoms with Gasteiger partial charge in [0, 0.05) is 24.2 Å². The monoisotopic (exact) mass is 186 g/mol. The van der Waals surface area contributed by atoms with E-state index in [2.05, 4.69) is 17.2 Å². The zero-order chi connectivity index (χ0) is 8.81. The average Bonchev–Trinajstić information content (AvgIpc) is 2.45. The fourth-order valence-electron chi connectivity index (χ4n) is 0.883. The first-order chi connectivity index (χ1) is 5.83. The van der Waals surface area contributed by atoms with E-state index in [0.29, 0.717) is 0 Å². The second-order valence-electron chi connectivity index (χ2n) is 2.62. The molecule has 0 unspecified atom stereocenters. The molecule has 1 aromatic heterocycles. The van der Waals surface area contributed by atoms with E-state index in [1.54, 1.807) is 11.3 Å². The van der Waals surface area contributed by atoms with Gasteiger partial charge in [0.1, 0.15) is 5.01 Å². The maximum Gasteiger partial charge on any atom is 0.107 e. The number of nitrogens with one attached hydrogen (secondary N) is 1. The highest BCUT2D eigenvalue weighted by Crippen LogP contribution is 2.10. The Labute approximate surface area is 76.5 Å². The highest BCUT2D eigenvalue weighted by Gasteiger charge is 1.96. The van der Waals surface area contributed by atoms with Crippen LogP contribution in [0.2, 0.25) is 0 Å². The van der Waals surface area contributed by atoms with Crippen molar-refractivity contribution in [3.63, 3.8) is 0 Å². The first-order valence-electron chi connectivity index (χ1n) is 4.06. The van der Waals surface area contributed by atoms with Crippen LogP contribution in [0.4, 0.5) is 0 Å². The number of aromatic nitrogens is 1. The Balaban J connectivity index is 2.15. The molecule has 0 aliphatic carbocycles. The zero-order valence-electron chi connectivity index (χ0n) is 7.21. The summed E-state index contributed by atoms with van der Waals surface area (Å²) in [5.74, 6) is 0. The third kappa shape index (κ3) is 3.30. The van der Waals surface area contributed by atoms with Gasteiger partial charge in [-0.25, -0.2) is 4.98 Å². The van der Waals surface area contributed by atoms with Crippen molar-refractivity contribution in [2.75, 3.05) is 13.2 Å². The third-order valence-electron chi connectivity index (χ3n) is 1.46. The molecule has 0 saturated carbocycles. The molecule has 1 heterocycles. The molecule has 12 heavy (non-hydrogen) atoms. The molecule has 0 saturated heterocycles. The van der Waals surface area contributed by atoms with Gasteiger partial charge in [0.05, 0.1) is 0 Å². The molecule has 1 aromatic rings. The zero-order valence-corrected chi connectivity index (χ0v) is 8.02. The van der Waals surface area contributed by atoms with Gasteiger partial charge in [-0.05, 0) is 19.9 Å². The summed E-state index contributed by atoms with van der Waals surface area (Å²) in [6, 6.07) is 0. The van der Waals surface area contributed by atoms with E-state index in [1.165, 1.54) is 4.88 Å². The van der Waals surface area contributed by atoms with Gasteiger partial charge in [-0.1, -0.05) is 0 Å². The van der Waals surface area contributed by atoms with Crippen LogP contribution in [0.3, 0.4) is 0 Å². The molecule has 0 radical (unpaired) electrons. The minimum Gasteiger partial charge on any atom is -0.396 e. The first-order valence-corrected chi connectivity index (χ1v) is 4.87. The van der Waals surface area contributed by atoms with Gasteiger partial charge in [-0.15, -0.1) is 11.3 Å². The van der Waals surface area contributed by atoms with Crippen LogP contribution in [-0.4, -0.2) is 23.2 Å². The number of thiazole rings is 1. The van der Waals surface area contributed by atoms with Crippen LogP contribution in [0, 0.1) is 6.92 Å². The second kappa shape index (κ2) is 5.24. The molecule has 0 aliphatic rings. The van der Waals surface area contributed by atoms with Crippen molar-refractivity contribution in [2.24, 2.45) is 0 Å². The lowest BCUT2D eigenvalue weighted by Crippen LogP contribution is -2.15. The van der Waals surface area contributed by atoms with Gasteiger partial charge in [0.25, 0.3) is 0 Å². The smallest absolute Gasteiger partial charge is 0.107 e. The topological polar surface area (TPSA) is 45.2 Å². The molecule has 0 fully saturated rings. The largest absolute Gasteiger partial charge is 0.396 e.